The van der Waals surface area contributed by atoms with Gasteiger partial charge in [0.25, 0.3) is 0 Å². The molecule has 35 heavy (non-hydrogen) atoms. The number of carboxylic acid groups (broad SMARTS) is 1. The van der Waals surface area contributed by atoms with E-state index in [1.165, 1.54) is 22.3 Å². The Bertz CT molecular complexity index is 1060. The number of carbonyl (C=O) groups is 3. The zero-order valence-corrected chi connectivity index (χ0v) is 19.8. The SMILES string of the molecule is O=C(O)CCC1CCN(C(=O)C2CC(NC(=O)OCC3c4ccccc4-c4ccccc43)C2)CC1. The molecule has 2 fully saturated rings. The molecule has 1 saturated carbocycles. The summed E-state index contributed by atoms with van der Waals surface area (Å²) in [6.45, 7) is 1.68. The van der Waals surface area contributed by atoms with Gasteiger partial charge in [0.1, 0.15) is 6.61 Å². The largest absolute Gasteiger partial charge is 0.481 e. The first-order chi connectivity index (χ1) is 17.0. The third kappa shape index (κ3) is 5.04. The minimum Gasteiger partial charge on any atom is -0.481 e. The van der Waals surface area contributed by atoms with E-state index >= 15 is 0 Å². The number of piperidine rings is 1. The van der Waals surface area contributed by atoms with Gasteiger partial charge in [0.05, 0.1) is 0 Å². The molecule has 1 saturated heterocycles. The number of fused-ring (bicyclic) bond motifs is 3. The molecule has 2 amide bonds. The normalized spacial score (nSPS) is 21.5. The number of rotatable bonds is 7. The summed E-state index contributed by atoms with van der Waals surface area (Å²) < 4.78 is 5.62. The molecular formula is C28H32N2O5. The molecule has 0 atom stereocenters. The van der Waals surface area contributed by atoms with Crippen LogP contribution in [0.1, 0.15) is 55.6 Å². The summed E-state index contributed by atoms with van der Waals surface area (Å²) in [7, 11) is 0. The Morgan fingerprint density at radius 3 is 2.14 bits per heavy atom. The van der Waals surface area contributed by atoms with E-state index < -0.39 is 12.1 Å². The van der Waals surface area contributed by atoms with Crippen LogP contribution in [-0.4, -0.2) is 53.7 Å². The fraction of sp³-hybridized carbons (Fsp3) is 0.464. The number of alkyl carbamates (subject to hydrolysis) is 1. The highest BCUT2D eigenvalue weighted by molar-refractivity contribution is 5.81. The van der Waals surface area contributed by atoms with Gasteiger partial charge in [-0.1, -0.05) is 48.5 Å². The second-order valence-electron chi connectivity index (χ2n) is 10.0. The van der Waals surface area contributed by atoms with Crippen LogP contribution in [0, 0.1) is 11.8 Å². The van der Waals surface area contributed by atoms with Crippen LogP contribution in [0.25, 0.3) is 11.1 Å². The summed E-state index contributed by atoms with van der Waals surface area (Å²) in [5.74, 6) is -0.230. The van der Waals surface area contributed by atoms with E-state index in [2.05, 4.69) is 29.6 Å². The van der Waals surface area contributed by atoms with E-state index in [4.69, 9.17) is 9.84 Å². The Morgan fingerprint density at radius 1 is 0.943 bits per heavy atom. The number of aliphatic carboxylic acids is 1. The fourth-order valence-electron chi connectivity index (χ4n) is 5.77. The Labute approximate surface area is 205 Å². The monoisotopic (exact) mass is 476 g/mol. The van der Waals surface area contributed by atoms with E-state index in [1.54, 1.807) is 0 Å². The predicted octanol–water partition coefficient (Wildman–Crippen LogP) is 4.41. The van der Waals surface area contributed by atoms with Crippen molar-refractivity contribution in [2.24, 2.45) is 11.8 Å². The minimum atomic E-state index is -0.757. The van der Waals surface area contributed by atoms with Crippen LogP contribution < -0.4 is 5.32 Å². The topological polar surface area (TPSA) is 95.9 Å². The molecule has 2 aromatic rings. The Kier molecular flexibility index (Phi) is 6.75. The molecule has 7 nitrogen and oxygen atoms in total. The highest BCUT2D eigenvalue weighted by Crippen LogP contribution is 2.44. The molecule has 0 aromatic heterocycles. The van der Waals surface area contributed by atoms with Crippen molar-refractivity contribution in [1.82, 2.24) is 10.2 Å². The first-order valence-electron chi connectivity index (χ1n) is 12.6. The fourth-order valence-corrected chi connectivity index (χ4v) is 5.77. The number of ether oxygens (including phenoxy) is 1. The molecule has 0 radical (unpaired) electrons. The molecule has 2 aliphatic carbocycles. The van der Waals surface area contributed by atoms with Gasteiger partial charge in [0.2, 0.25) is 5.91 Å². The number of nitrogens with one attached hydrogen (secondary N) is 1. The van der Waals surface area contributed by atoms with Crippen LogP contribution in [0.2, 0.25) is 0 Å². The third-order valence-electron chi connectivity index (χ3n) is 7.85. The van der Waals surface area contributed by atoms with Crippen molar-refractivity contribution in [3.63, 3.8) is 0 Å². The Balaban J connectivity index is 1.05. The summed E-state index contributed by atoms with van der Waals surface area (Å²) in [6.07, 6.45) is 3.48. The molecule has 1 heterocycles. The number of benzene rings is 2. The van der Waals surface area contributed by atoms with Gasteiger partial charge in [0, 0.05) is 37.4 Å². The molecule has 5 rings (SSSR count). The lowest BCUT2D eigenvalue weighted by atomic mass is 9.79. The number of carbonyl (C=O) groups excluding carboxylic acids is 2. The lowest BCUT2D eigenvalue weighted by Crippen LogP contribution is -2.51. The molecule has 0 bridgehead atoms. The highest BCUT2D eigenvalue weighted by atomic mass is 16.5. The second kappa shape index (κ2) is 10.1. The quantitative estimate of drug-likeness (QED) is 0.617. The molecule has 0 spiro atoms. The van der Waals surface area contributed by atoms with E-state index in [0.29, 0.717) is 38.3 Å². The lowest BCUT2D eigenvalue weighted by Gasteiger charge is -2.40. The van der Waals surface area contributed by atoms with E-state index in [9.17, 15) is 14.4 Å². The van der Waals surface area contributed by atoms with Crippen molar-refractivity contribution in [3.05, 3.63) is 59.7 Å². The van der Waals surface area contributed by atoms with Gasteiger partial charge in [-0.2, -0.15) is 0 Å². The zero-order valence-electron chi connectivity index (χ0n) is 19.8. The summed E-state index contributed by atoms with van der Waals surface area (Å²) in [5.41, 5.74) is 4.76. The number of likely N-dealkylation sites (tertiary alicyclic amines) is 1. The maximum atomic E-state index is 12.8. The molecule has 184 valence electrons. The smallest absolute Gasteiger partial charge is 0.407 e. The van der Waals surface area contributed by atoms with Crippen LogP contribution in [-0.2, 0) is 14.3 Å². The molecule has 2 N–H and O–H groups in total. The van der Waals surface area contributed by atoms with Gasteiger partial charge >= 0.3 is 12.1 Å². The first kappa shape index (κ1) is 23.4. The third-order valence-corrected chi connectivity index (χ3v) is 7.85. The van der Waals surface area contributed by atoms with Gasteiger partial charge in [-0.15, -0.1) is 0 Å². The molecule has 1 aliphatic heterocycles. The number of hydrogen-bond acceptors (Lipinski definition) is 4. The number of hydrogen-bond donors (Lipinski definition) is 2. The second-order valence-corrected chi connectivity index (χ2v) is 10.0. The van der Waals surface area contributed by atoms with E-state index in [-0.39, 0.29) is 36.8 Å². The van der Waals surface area contributed by atoms with Crippen molar-refractivity contribution in [1.29, 1.82) is 0 Å². The van der Waals surface area contributed by atoms with Gasteiger partial charge in [0.15, 0.2) is 0 Å². The number of nitrogens with zero attached hydrogens (tertiary/aromatic N) is 1. The van der Waals surface area contributed by atoms with Crippen molar-refractivity contribution < 1.29 is 24.2 Å². The number of carboxylic acids is 1. The van der Waals surface area contributed by atoms with Gasteiger partial charge < -0.3 is 20.1 Å². The van der Waals surface area contributed by atoms with Crippen LogP contribution >= 0.6 is 0 Å². The van der Waals surface area contributed by atoms with Crippen molar-refractivity contribution >= 4 is 18.0 Å². The summed E-state index contributed by atoms with van der Waals surface area (Å²) in [5, 5.41) is 11.8. The molecule has 2 aromatic carbocycles. The van der Waals surface area contributed by atoms with Crippen LogP contribution in [0.3, 0.4) is 0 Å². The van der Waals surface area contributed by atoms with Crippen LogP contribution in [0.4, 0.5) is 4.79 Å². The maximum Gasteiger partial charge on any atom is 0.407 e. The van der Waals surface area contributed by atoms with Gasteiger partial charge in [-0.05, 0) is 60.3 Å². The maximum absolute atomic E-state index is 12.8. The number of amides is 2. The predicted molar refractivity (Wildman–Crippen MR) is 131 cm³/mol. The minimum absolute atomic E-state index is 0.0299. The van der Waals surface area contributed by atoms with E-state index in [0.717, 1.165) is 12.8 Å². The standard InChI is InChI=1S/C28H32N2O5/c31-26(32)10-9-18-11-13-30(14-12-18)27(33)19-15-20(16-19)29-28(34)35-17-25-23-7-3-1-5-21(23)22-6-2-4-8-24(22)25/h1-8,18-20,25H,9-17H2,(H,29,34)(H,31,32). The zero-order chi connectivity index (χ0) is 24.4. The van der Waals surface area contributed by atoms with Crippen molar-refractivity contribution in [3.8, 4) is 11.1 Å². The summed E-state index contributed by atoms with van der Waals surface area (Å²) in [6, 6.07) is 16.5. The average Bonchev–Trinajstić information content (AvgIpc) is 3.17. The Morgan fingerprint density at radius 2 is 1.54 bits per heavy atom. The summed E-state index contributed by atoms with van der Waals surface area (Å²) >= 11 is 0. The summed E-state index contributed by atoms with van der Waals surface area (Å²) in [4.78, 5) is 38.0. The average molecular weight is 477 g/mol. The van der Waals surface area contributed by atoms with E-state index in [1.807, 2.05) is 29.2 Å². The molecule has 3 aliphatic rings. The Hall–Kier alpha value is -3.35. The van der Waals surface area contributed by atoms with Crippen LogP contribution in [0.15, 0.2) is 48.5 Å². The molecule has 0 unspecified atom stereocenters. The van der Waals surface area contributed by atoms with Gasteiger partial charge in [-0.3, -0.25) is 9.59 Å². The molecular weight excluding hydrogens is 444 g/mol. The van der Waals surface area contributed by atoms with Crippen molar-refractivity contribution in [2.75, 3.05) is 19.7 Å². The molecule has 7 heteroatoms. The highest BCUT2D eigenvalue weighted by Gasteiger charge is 2.39. The van der Waals surface area contributed by atoms with Crippen molar-refractivity contribution in [2.45, 2.75) is 50.5 Å². The van der Waals surface area contributed by atoms with Gasteiger partial charge in [-0.25, -0.2) is 4.79 Å². The lowest BCUT2D eigenvalue weighted by molar-refractivity contribution is -0.141. The first-order valence-corrected chi connectivity index (χ1v) is 12.6. The van der Waals surface area contributed by atoms with Crippen LogP contribution in [0.5, 0.6) is 0 Å².